The molecular weight excluding hydrogens is 267 g/mol. The minimum absolute atomic E-state index is 0.503. The molecule has 0 atom stereocenters. The van der Waals surface area contributed by atoms with Crippen molar-refractivity contribution in [3.8, 4) is 0 Å². The summed E-state index contributed by atoms with van der Waals surface area (Å²) in [6, 6.07) is 2.01. The molecule has 20 heavy (non-hydrogen) atoms. The summed E-state index contributed by atoms with van der Waals surface area (Å²) in [7, 11) is -0.690. The van der Waals surface area contributed by atoms with Crippen LogP contribution in [0.3, 0.4) is 0 Å². The molecule has 0 aromatic rings. The third-order valence-electron chi connectivity index (χ3n) is 3.22. The Balaban J connectivity index is 5.20. The van der Waals surface area contributed by atoms with E-state index in [4.69, 9.17) is 4.52 Å². The highest BCUT2D eigenvalue weighted by Gasteiger charge is 2.34. The van der Waals surface area contributed by atoms with Gasteiger partial charge < -0.3 is 4.52 Å². The van der Waals surface area contributed by atoms with Gasteiger partial charge >= 0.3 is 0 Å². The van der Waals surface area contributed by atoms with Gasteiger partial charge in [0.1, 0.15) is 0 Å². The van der Waals surface area contributed by atoms with Gasteiger partial charge in [-0.05, 0) is 61.8 Å². The van der Waals surface area contributed by atoms with Gasteiger partial charge in [-0.3, -0.25) is 0 Å². The Labute approximate surface area is 129 Å². The molecule has 0 bridgehead atoms. The van der Waals surface area contributed by atoms with E-state index in [1.807, 2.05) is 0 Å². The molecule has 0 aliphatic rings. The summed E-state index contributed by atoms with van der Waals surface area (Å²) in [5.74, 6) is 0. The Morgan fingerprint density at radius 2 is 1.10 bits per heavy atom. The van der Waals surface area contributed by atoms with Crippen molar-refractivity contribution in [2.24, 2.45) is 0 Å². The molecule has 0 spiro atoms. The molecule has 0 heterocycles. The molecule has 0 aliphatic heterocycles. The van der Waals surface area contributed by atoms with E-state index in [1.165, 1.54) is 6.42 Å². The van der Waals surface area contributed by atoms with E-state index >= 15 is 0 Å². The van der Waals surface area contributed by atoms with Crippen molar-refractivity contribution in [1.29, 1.82) is 0 Å². The molecule has 0 radical (unpaired) electrons. The standard InChI is InChI=1S/C16H37N2OP/c1-10-11-12-19-20(17(13(2)3)14(4)5)18(15(6)7)16(8)9/h13-16H,10-12H2,1-9H3. The molecule has 0 rings (SSSR count). The van der Waals surface area contributed by atoms with Crippen molar-refractivity contribution < 1.29 is 4.52 Å². The Morgan fingerprint density at radius 3 is 1.35 bits per heavy atom. The number of unbranched alkanes of at least 4 members (excludes halogenated alkanes) is 1. The van der Waals surface area contributed by atoms with E-state index in [2.05, 4.69) is 71.7 Å². The zero-order valence-electron chi connectivity index (χ0n) is 15.2. The van der Waals surface area contributed by atoms with Crippen LogP contribution in [0, 0.1) is 0 Å². The Bertz CT molecular complexity index is 209. The molecule has 0 saturated carbocycles. The second kappa shape index (κ2) is 10.1. The predicted molar refractivity (Wildman–Crippen MR) is 92.0 cm³/mol. The summed E-state index contributed by atoms with van der Waals surface area (Å²) in [4.78, 5) is 0. The van der Waals surface area contributed by atoms with Crippen LogP contribution in [-0.4, -0.2) is 40.1 Å². The predicted octanol–water partition coefficient (Wildman–Crippen LogP) is 5.27. The van der Waals surface area contributed by atoms with Crippen LogP contribution in [-0.2, 0) is 4.52 Å². The monoisotopic (exact) mass is 304 g/mol. The van der Waals surface area contributed by atoms with Gasteiger partial charge in [-0.15, -0.1) is 0 Å². The summed E-state index contributed by atoms with van der Waals surface area (Å²) < 4.78 is 11.5. The Kier molecular flexibility index (Phi) is 10.3. The summed E-state index contributed by atoms with van der Waals surface area (Å²) in [5.41, 5.74) is 0. The fourth-order valence-corrected chi connectivity index (χ4v) is 4.90. The molecule has 0 aromatic carbocycles. The SMILES string of the molecule is CCCCOP(N(C(C)C)C(C)C)N(C(C)C)C(C)C. The molecule has 0 unspecified atom stereocenters. The quantitative estimate of drug-likeness (QED) is 0.404. The van der Waals surface area contributed by atoms with Crippen LogP contribution < -0.4 is 0 Å². The molecule has 4 heteroatoms. The topological polar surface area (TPSA) is 15.7 Å². The molecule has 0 N–H and O–H groups in total. The number of nitrogens with zero attached hydrogens (tertiary/aromatic N) is 2. The minimum Gasteiger partial charge on any atom is -0.331 e. The van der Waals surface area contributed by atoms with Gasteiger partial charge in [-0.25, -0.2) is 9.34 Å². The maximum atomic E-state index is 6.37. The second-order valence-electron chi connectivity index (χ2n) is 6.57. The van der Waals surface area contributed by atoms with Gasteiger partial charge in [0.15, 0.2) is 8.45 Å². The maximum Gasteiger partial charge on any atom is 0.188 e. The lowest BCUT2D eigenvalue weighted by atomic mass is 10.3. The van der Waals surface area contributed by atoms with Crippen LogP contribution in [0.15, 0.2) is 0 Å². The van der Waals surface area contributed by atoms with E-state index in [1.54, 1.807) is 0 Å². The molecule has 122 valence electrons. The third-order valence-corrected chi connectivity index (χ3v) is 6.27. The average Bonchev–Trinajstić information content (AvgIpc) is 2.26. The molecular formula is C16H37N2OP. The largest absolute Gasteiger partial charge is 0.331 e. The van der Waals surface area contributed by atoms with Crippen molar-refractivity contribution >= 4 is 8.45 Å². The first kappa shape index (κ1) is 20.3. The fraction of sp³-hybridized carbons (Fsp3) is 1.00. The lowest BCUT2D eigenvalue weighted by molar-refractivity contribution is 0.185. The van der Waals surface area contributed by atoms with E-state index < -0.39 is 8.45 Å². The smallest absolute Gasteiger partial charge is 0.188 e. The highest BCUT2D eigenvalue weighted by molar-refractivity contribution is 7.47. The summed E-state index contributed by atoms with van der Waals surface area (Å²) in [6.07, 6.45) is 2.34. The second-order valence-corrected chi connectivity index (χ2v) is 8.26. The first-order valence-electron chi connectivity index (χ1n) is 8.23. The van der Waals surface area contributed by atoms with Gasteiger partial charge in [0, 0.05) is 24.2 Å². The van der Waals surface area contributed by atoms with Gasteiger partial charge in [-0.1, -0.05) is 13.3 Å². The van der Waals surface area contributed by atoms with E-state index in [0.29, 0.717) is 24.2 Å². The summed E-state index contributed by atoms with van der Waals surface area (Å²) in [6.45, 7) is 21.3. The highest BCUT2D eigenvalue weighted by Crippen LogP contribution is 2.50. The van der Waals surface area contributed by atoms with Gasteiger partial charge in [0.05, 0.1) is 6.61 Å². The van der Waals surface area contributed by atoms with Gasteiger partial charge in [0.25, 0.3) is 0 Å². The Hall–Kier alpha value is 0.310. The molecule has 0 saturated heterocycles. The Morgan fingerprint density at radius 1 is 0.750 bits per heavy atom. The molecule has 0 aromatic heterocycles. The van der Waals surface area contributed by atoms with Crippen molar-refractivity contribution in [2.75, 3.05) is 6.61 Å². The van der Waals surface area contributed by atoms with Gasteiger partial charge in [0.2, 0.25) is 0 Å². The number of hydrogen-bond acceptors (Lipinski definition) is 3. The first-order chi connectivity index (χ1) is 9.23. The lowest BCUT2D eigenvalue weighted by Crippen LogP contribution is -2.43. The van der Waals surface area contributed by atoms with Crippen LogP contribution in [0.4, 0.5) is 0 Å². The normalized spacial score (nSPS) is 13.2. The maximum absolute atomic E-state index is 6.37. The molecule has 0 fully saturated rings. The average molecular weight is 304 g/mol. The van der Waals surface area contributed by atoms with Crippen molar-refractivity contribution in [3.05, 3.63) is 0 Å². The van der Waals surface area contributed by atoms with E-state index in [0.717, 1.165) is 13.0 Å². The first-order valence-corrected chi connectivity index (χ1v) is 9.40. The van der Waals surface area contributed by atoms with Crippen LogP contribution in [0.5, 0.6) is 0 Å². The van der Waals surface area contributed by atoms with Crippen LogP contribution in [0.2, 0.25) is 0 Å². The van der Waals surface area contributed by atoms with Crippen molar-refractivity contribution in [3.63, 3.8) is 0 Å². The fourth-order valence-electron chi connectivity index (χ4n) is 2.53. The zero-order chi connectivity index (χ0) is 15.9. The zero-order valence-corrected chi connectivity index (χ0v) is 16.1. The molecule has 0 amide bonds. The van der Waals surface area contributed by atoms with E-state index in [9.17, 15) is 0 Å². The highest BCUT2D eigenvalue weighted by atomic mass is 31.2. The minimum atomic E-state index is -0.690. The van der Waals surface area contributed by atoms with Crippen LogP contribution in [0.1, 0.15) is 75.2 Å². The third kappa shape index (κ3) is 6.39. The van der Waals surface area contributed by atoms with Crippen LogP contribution in [0.25, 0.3) is 0 Å². The molecule has 0 aliphatic carbocycles. The number of rotatable bonds is 10. The summed E-state index contributed by atoms with van der Waals surface area (Å²) >= 11 is 0. The molecule has 3 nitrogen and oxygen atoms in total. The number of hydrogen-bond donors (Lipinski definition) is 0. The van der Waals surface area contributed by atoms with Crippen molar-refractivity contribution in [1.82, 2.24) is 9.34 Å². The van der Waals surface area contributed by atoms with E-state index in [-0.39, 0.29) is 0 Å². The van der Waals surface area contributed by atoms with Crippen LogP contribution >= 0.6 is 8.45 Å². The summed E-state index contributed by atoms with van der Waals surface area (Å²) in [5, 5.41) is 0. The van der Waals surface area contributed by atoms with Crippen molar-refractivity contribution in [2.45, 2.75) is 99.3 Å². The lowest BCUT2D eigenvalue weighted by Gasteiger charge is -2.45. The van der Waals surface area contributed by atoms with Gasteiger partial charge in [-0.2, -0.15) is 0 Å².